The van der Waals surface area contributed by atoms with E-state index in [2.05, 4.69) is 17.6 Å². The zero-order valence-corrected chi connectivity index (χ0v) is 11.4. The van der Waals surface area contributed by atoms with Gasteiger partial charge in [-0.25, -0.2) is 0 Å². The summed E-state index contributed by atoms with van der Waals surface area (Å²) in [7, 11) is -0.705. The molecule has 0 radical (unpaired) electrons. The van der Waals surface area contributed by atoms with Gasteiger partial charge in [0.15, 0.2) is 0 Å². The van der Waals surface area contributed by atoms with Crippen molar-refractivity contribution in [3.63, 3.8) is 0 Å². The van der Waals surface area contributed by atoms with Gasteiger partial charge in [0.2, 0.25) is 0 Å². The highest BCUT2D eigenvalue weighted by atomic mass is 32.2. The van der Waals surface area contributed by atoms with Crippen LogP contribution in [-0.2, 0) is 23.8 Å². The van der Waals surface area contributed by atoms with Crippen LogP contribution >= 0.6 is 0 Å². The van der Waals surface area contributed by atoms with Gasteiger partial charge in [-0.2, -0.15) is 0 Å². The number of aromatic nitrogens is 1. The highest BCUT2D eigenvalue weighted by Crippen LogP contribution is 2.32. The predicted octanol–water partition coefficient (Wildman–Crippen LogP) is 1.93. The molecule has 2 unspecified atom stereocenters. The van der Waals surface area contributed by atoms with Gasteiger partial charge < -0.3 is 9.67 Å². The summed E-state index contributed by atoms with van der Waals surface area (Å²) in [6.07, 6.45) is 5.43. The van der Waals surface area contributed by atoms with Crippen molar-refractivity contribution >= 4 is 10.8 Å². The van der Waals surface area contributed by atoms with Crippen LogP contribution in [0.15, 0.2) is 6.07 Å². The first kappa shape index (κ1) is 12.8. The Kier molecular flexibility index (Phi) is 4.05. The zero-order chi connectivity index (χ0) is 12.4. The van der Waals surface area contributed by atoms with Gasteiger partial charge in [0.1, 0.15) is 0 Å². The van der Waals surface area contributed by atoms with E-state index < -0.39 is 10.8 Å². The molecular formula is C13H21NO2S. The molecule has 17 heavy (non-hydrogen) atoms. The van der Waals surface area contributed by atoms with Gasteiger partial charge in [0.05, 0.1) is 6.10 Å². The first-order chi connectivity index (χ1) is 8.09. The topological polar surface area (TPSA) is 42.2 Å². The number of nitrogens with zero attached hydrogens (tertiary/aromatic N) is 1. The molecule has 4 heteroatoms. The van der Waals surface area contributed by atoms with Crippen LogP contribution in [0.5, 0.6) is 0 Å². The smallest absolute Gasteiger partial charge is 0.0807 e. The summed E-state index contributed by atoms with van der Waals surface area (Å²) < 4.78 is 13.4. The van der Waals surface area contributed by atoms with E-state index in [1.54, 1.807) is 6.26 Å². The summed E-state index contributed by atoms with van der Waals surface area (Å²) in [6.45, 7) is 3.02. The molecule has 2 rings (SSSR count). The second-order valence-electron chi connectivity index (χ2n) is 4.88. The maximum Gasteiger partial charge on any atom is 0.0807 e. The fourth-order valence-corrected chi connectivity index (χ4v) is 3.21. The number of hydrogen-bond acceptors (Lipinski definition) is 2. The van der Waals surface area contributed by atoms with E-state index in [0.29, 0.717) is 0 Å². The monoisotopic (exact) mass is 255 g/mol. The lowest BCUT2D eigenvalue weighted by Crippen LogP contribution is -2.13. The Labute approximate surface area is 105 Å². The molecule has 0 saturated carbocycles. The Balaban J connectivity index is 2.14. The van der Waals surface area contributed by atoms with Crippen LogP contribution < -0.4 is 0 Å². The van der Waals surface area contributed by atoms with E-state index in [1.807, 2.05) is 0 Å². The van der Waals surface area contributed by atoms with E-state index in [1.165, 1.54) is 11.4 Å². The van der Waals surface area contributed by atoms with Gasteiger partial charge in [-0.15, -0.1) is 0 Å². The standard InChI is InChI=1S/C13H21NO2S/c1-10-9-11-12(5-3-6-13(11)15)14(10)7-4-8-17(2)16/h9,13,15H,3-8H2,1-2H3. The summed E-state index contributed by atoms with van der Waals surface area (Å²) >= 11 is 0. The number of aliphatic hydroxyl groups excluding tert-OH is 1. The van der Waals surface area contributed by atoms with Gasteiger partial charge in [0, 0.05) is 46.3 Å². The predicted molar refractivity (Wildman–Crippen MR) is 70.6 cm³/mol. The fourth-order valence-electron chi connectivity index (χ4n) is 2.68. The van der Waals surface area contributed by atoms with Crippen LogP contribution in [0.1, 0.15) is 42.3 Å². The first-order valence-corrected chi connectivity index (χ1v) is 7.99. The van der Waals surface area contributed by atoms with Crippen LogP contribution in [0.2, 0.25) is 0 Å². The van der Waals surface area contributed by atoms with E-state index >= 15 is 0 Å². The van der Waals surface area contributed by atoms with Crippen molar-refractivity contribution in [2.24, 2.45) is 0 Å². The van der Waals surface area contributed by atoms with E-state index in [4.69, 9.17) is 0 Å². The Bertz CT molecular complexity index is 425. The molecular weight excluding hydrogens is 234 g/mol. The second kappa shape index (κ2) is 5.36. The number of aliphatic hydroxyl groups is 1. The minimum atomic E-state index is -0.705. The third kappa shape index (κ3) is 2.80. The molecule has 0 saturated heterocycles. The molecule has 2 atom stereocenters. The first-order valence-electron chi connectivity index (χ1n) is 6.26. The van der Waals surface area contributed by atoms with Crippen molar-refractivity contribution in [2.45, 2.75) is 45.3 Å². The van der Waals surface area contributed by atoms with Crippen LogP contribution in [0.4, 0.5) is 0 Å². The Morgan fingerprint density at radius 1 is 1.59 bits per heavy atom. The van der Waals surface area contributed by atoms with Crippen LogP contribution in [-0.4, -0.2) is 25.9 Å². The summed E-state index contributed by atoms with van der Waals surface area (Å²) in [5.41, 5.74) is 3.63. The second-order valence-corrected chi connectivity index (χ2v) is 6.43. The largest absolute Gasteiger partial charge is 0.388 e. The fraction of sp³-hybridized carbons (Fsp3) is 0.692. The molecule has 0 aliphatic heterocycles. The van der Waals surface area contributed by atoms with Crippen molar-refractivity contribution < 1.29 is 9.32 Å². The molecule has 96 valence electrons. The Morgan fingerprint density at radius 2 is 2.35 bits per heavy atom. The van der Waals surface area contributed by atoms with Crippen LogP contribution in [0.3, 0.4) is 0 Å². The third-order valence-electron chi connectivity index (χ3n) is 3.51. The molecule has 1 N–H and O–H groups in total. The number of fused-ring (bicyclic) bond motifs is 1. The van der Waals surface area contributed by atoms with Crippen molar-refractivity contribution in [1.82, 2.24) is 4.57 Å². The van der Waals surface area contributed by atoms with Crippen molar-refractivity contribution in [3.05, 3.63) is 23.0 Å². The minimum Gasteiger partial charge on any atom is -0.388 e. The molecule has 1 aliphatic rings. The molecule has 1 aromatic rings. The Morgan fingerprint density at radius 3 is 3.06 bits per heavy atom. The maximum absolute atomic E-state index is 11.1. The van der Waals surface area contributed by atoms with Gasteiger partial charge in [-0.05, 0) is 38.7 Å². The minimum absolute atomic E-state index is 0.279. The molecule has 0 aromatic carbocycles. The highest BCUT2D eigenvalue weighted by Gasteiger charge is 2.22. The van der Waals surface area contributed by atoms with Gasteiger partial charge in [-0.3, -0.25) is 4.21 Å². The number of aryl methyl sites for hydroxylation is 1. The number of rotatable bonds is 4. The lowest BCUT2D eigenvalue weighted by molar-refractivity contribution is 0.155. The summed E-state index contributed by atoms with van der Waals surface area (Å²) in [5, 5.41) is 9.95. The zero-order valence-electron chi connectivity index (χ0n) is 10.6. The summed E-state index contributed by atoms with van der Waals surface area (Å²) in [6, 6.07) is 2.11. The molecule has 0 spiro atoms. The lowest BCUT2D eigenvalue weighted by atomic mass is 9.95. The van der Waals surface area contributed by atoms with E-state index in [-0.39, 0.29) is 6.10 Å². The SMILES string of the molecule is Cc1cc2c(n1CCCS(C)=O)CCCC2O. The van der Waals surface area contributed by atoms with Crippen molar-refractivity contribution in [2.75, 3.05) is 12.0 Å². The van der Waals surface area contributed by atoms with Gasteiger partial charge >= 0.3 is 0 Å². The van der Waals surface area contributed by atoms with Gasteiger partial charge in [0.25, 0.3) is 0 Å². The molecule has 3 nitrogen and oxygen atoms in total. The normalized spacial score (nSPS) is 21.2. The maximum atomic E-state index is 11.1. The van der Waals surface area contributed by atoms with Crippen molar-refractivity contribution in [1.29, 1.82) is 0 Å². The quantitative estimate of drug-likeness (QED) is 0.893. The molecule has 1 aromatic heterocycles. The van der Waals surface area contributed by atoms with Crippen molar-refractivity contribution in [3.8, 4) is 0 Å². The molecule has 1 heterocycles. The lowest BCUT2D eigenvalue weighted by Gasteiger charge is -2.20. The average Bonchev–Trinajstić information content (AvgIpc) is 2.57. The number of hydrogen-bond donors (Lipinski definition) is 1. The summed E-state index contributed by atoms with van der Waals surface area (Å²) in [4.78, 5) is 0. The van der Waals surface area contributed by atoms with Crippen LogP contribution in [0.25, 0.3) is 0 Å². The van der Waals surface area contributed by atoms with E-state index in [9.17, 15) is 9.32 Å². The van der Waals surface area contributed by atoms with Crippen LogP contribution in [0, 0.1) is 6.92 Å². The van der Waals surface area contributed by atoms with E-state index in [0.717, 1.165) is 43.5 Å². The highest BCUT2D eigenvalue weighted by molar-refractivity contribution is 7.84. The molecule has 0 bridgehead atoms. The third-order valence-corrected chi connectivity index (χ3v) is 4.38. The summed E-state index contributed by atoms with van der Waals surface area (Å²) in [5.74, 6) is 0.759. The average molecular weight is 255 g/mol. The molecule has 0 fully saturated rings. The Hall–Kier alpha value is -0.610. The molecule has 0 amide bonds. The van der Waals surface area contributed by atoms with Gasteiger partial charge in [-0.1, -0.05) is 0 Å². The molecule has 1 aliphatic carbocycles.